The highest BCUT2D eigenvalue weighted by Gasteiger charge is 2.20. The second kappa shape index (κ2) is 4.43. The molecule has 1 aliphatic heterocycles. The SMILES string of the molecule is CC(c1nc2ncccc2[nH]1)N1CCNCC1. The molecule has 2 aromatic rings. The number of nitrogens with one attached hydrogen (secondary N) is 2. The lowest BCUT2D eigenvalue weighted by atomic mass is 10.2. The minimum Gasteiger partial charge on any atom is -0.339 e. The molecular weight excluding hydrogens is 214 g/mol. The number of imidazole rings is 1. The van der Waals surface area contributed by atoms with Crippen LogP contribution in [0.1, 0.15) is 18.8 Å². The topological polar surface area (TPSA) is 56.8 Å². The van der Waals surface area contributed by atoms with Gasteiger partial charge >= 0.3 is 0 Å². The summed E-state index contributed by atoms with van der Waals surface area (Å²) in [6.07, 6.45) is 1.78. The third-order valence-corrected chi connectivity index (χ3v) is 3.37. The van der Waals surface area contributed by atoms with E-state index in [1.165, 1.54) is 0 Å². The zero-order valence-electron chi connectivity index (χ0n) is 9.98. The van der Waals surface area contributed by atoms with Gasteiger partial charge in [-0.3, -0.25) is 4.90 Å². The molecule has 3 heterocycles. The molecule has 0 radical (unpaired) electrons. The third kappa shape index (κ3) is 2.03. The van der Waals surface area contributed by atoms with Crippen LogP contribution in [0, 0.1) is 0 Å². The first-order valence-corrected chi connectivity index (χ1v) is 6.10. The lowest BCUT2D eigenvalue weighted by Crippen LogP contribution is -2.44. The minimum absolute atomic E-state index is 0.325. The molecule has 0 aromatic carbocycles. The van der Waals surface area contributed by atoms with Gasteiger partial charge in [0.05, 0.1) is 11.6 Å². The number of hydrogen-bond donors (Lipinski definition) is 2. The van der Waals surface area contributed by atoms with Crippen molar-refractivity contribution in [3.63, 3.8) is 0 Å². The molecule has 17 heavy (non-hydrogen) atoms. The van der Waals surface area contributed by atoms with Gasteiger partial charge in [0.1, 0.15) is 5.82 Å². The van der Waals surface area contributed by atoms with Gasteiger partial charge in [0.25, 0.3) is 0 Å². The molecule has 2 N–H and O–H groups in total. The summed E-state index contributed by atoms with van der Waals surface area (Å²) in [6.45, 7) is 6.46. The Bertz CT molecular complexity index is 467. The van der Waals surface area contributed by atoms with E-state index in [1.54, 1.807) is 6.20 Å². The molecule has 0 bridgehead atoms. The zero-order valence-corrected chi connectivity index (χ0v) is 9.98. The van der Waals surface area contributed by atoms with Crippen molar-refractivity contribution in [2.24, 2.45) is 0 Å². The molecule has 0 saturated carbocycles. The van der Waals surface area contributed by atoms with Crippen LogP contribution in [0.2, 0.25) is 0 Å². The first-order valence-electron chi connectivity index (χ1n) is 6.10. The average Bonchev–Trinajstić information content (AvgIpc) is 2.82. The van der Waals surface area contributed by atoms with E-state index in [4.69, 9.17) is 0 Å². The lowest BCUT2D eigenvalue weighted by Gasteiger charge is -2.31. The van der Waals surface area contributed by atoms with Crippen LogP contribution in [-0.4, -0.2) is 46.0 Å². The standard InChI is InChI=1S/C12H17N5/c1-9(17-7-5-13-6-8-17)11-15-10-3-2-4-14-12(10)16-11/h2-4,9,13H,5-8H2,1H3,(H,14,15,16). The van der Waals surface area contributed by atoms with Gasteiger partial charge in [-0.25, -0.2) is 9.97 Å². The number of pyridine rings is 1. The fourth-order valence-corrected chi connectivity index (χ4v) is 2.30. The molecule has 90 valence electrons. The predicted octanol–water partition coefficient (Wildman–Crippen LogP) is 0.924. The summed E-state index contributed by atoms with van der Waals surface area (Å²) < 4.78 is 0. The van der Waals surface area contributed by atoms with Crippen molar-refractivity contribution in [1.29, 1.82) is 0 Å². The maximum Gasteiger partial charge on any atom is 0.177 e. The predicted molar refractivity (Wildman–Crippen MR) is 66.7 cm³/mol. The Morgan fingerprint density at radius 1 is 1.35 bits per heavy atom. The van der Waals surface area contributed by atoms with Crippen LogP contribution in [0.25, 0.3) is 11.2 Å². The van der Waals surface area contributed by atoms with Gasteiger partial charge in [-0.1, -0.05) is 0 Å². The molecule has 1 aliphatic rings. The molecule has 0 spiro atoms. The Morgan fingerprint density at radius 2 is 2.18 bits per heavy atom. The van der Waals surface area contributed by atoms with Crippen LogP contribution >= 0.6 is 0 Å². The highest BCUT2D eigenvalue weighted by molar-refractivity contribution is 5.69. The zero-order chi connectivity index (χ0) is 11.7. The maximum absolute atomic E-state index is 4.56. The molecule has 1 unspecified atom stereocenters. The molecule has 1 saturated heterocycles. The number of aromatic amines is 1. The second-order valence-electron chi connectivity index (χ2n) is 4.46. The molecule has 2 aromatic heterocycles. The Hall–Kier alpha value is -1.46. The highest BCUT2D eigenvalue weighted by Crippen LogP contribution is 2.19. The van der Waals surface area contributed by atoms with Crippen molar-refractivity contribution in [2.75, 3.05) is 26.2 Å². The molecular formula is C12H17N5. The van der Waals surface area contributed by atoms with Gasteiger partial charge in [-0.2, -0.15) is 0 Å². The number of piperazine rings is 1. The Morgan fingerprint density at radius 3 is 2.94 bits per heavy atom. The van der Waals surface area contributed by atoms with Crippen LogP contribution in [0.15, 0.2) is 18.3 Å². The summed E-state index contributed by atoms with van der Waals surface area (Å²) in [5.74, 6) is 1.01. The number of fused-ring (bicyclic) bond motifs is 1. The molecule has 0 aliphatic carbocycles. The first-order chi connectivity index (χ1) is 8.34. The van der Waals surface area contributed by atoms with Gasteiger partial charge in [0, 0.05) is 32.4 Å². The van der Waals surface area contributed by atoms with E-state index >= 15 is 0 Å². The van der Waals surface area contributed by atoms with E-state index in [0.29, 0.717) is 6.04 Å². The van der Waals surface area contributed by atoms with Gasteiger partial charge in [-0.05, 0) is 19.1 Å². The molecule has 5 heteroatoms. The van der Waals surface area contributed by atoms with Crippen LogP contribution in [0.5, 0.6) is 0 Å². The maximum atomic E-state index is 4.56. The van der Waals surface area contributed by atoms with Crippen LogP contribution in [0.4, 0.5) is 0 Å². The fourth-order valence-electron chi connectivity index (χ4n) is 2.30. The molecule has 5 nitrogen and oxygen atoms in total. The Kier molecular flexibility index (Phi) is 2.78. The van der Waals surface area contributed by atoms with Crippen molar-refractivity contribution >= 4 is 11.2 Å². The summed E-state index contributed by atoms with van der Waals surface area (Å²) in [7, 11) is 0. The van der Waals surface area contributed by atoms with Crippen molar-refractivity contribution in [1.82, 2.24) is 25.2 Å². The van der Waals surface area contributed by atoms with E-state index < -0.39 is 0 Å². The van der Waals surface area contributed by atoms with Crippen LogP contribution in [-0.2, 0) is 0 Å². The number of nitrogens with zero attached hydrogens (tertiary/aromatic N) is 3. The number of hydrogen-bond acceptors (Lipinski definition) is 4. The first kappa shape index (κ1) is 10.7. The minimum atomic E-state index is 0.325. The fraction of sp³-hybridized carbons (Fsp3) is 0.500. The van der Waals surface area contributed by atoms with Gasteiger partial charge < -0.3 is 10.3 Å². The van der Waals surface area contributed by atoms with E-state index in [-0.39, 0.29) is 0 Å². The molecule has 1 fully saturated rings. The number of rotatable bonds is 2. The van der Waals surface area contributed by atoms with Crippen molar-refractivity contribution in [3.8, 4) is 0 Å². The monoisotopic (exact) mass is 231 g/mol. The van der Waals surface area contributed by atoms with Gasteiger partial charge in [0.15, 0.2) is 5.65 Å². The van der Waals surface area contributed by atoms with Crippen LogP contribution in [0.3, 0.4) is 0 Å². The average molecular weight is 231 g/mol. The van der Waals surface area contributed by atoms with E-state index in [9.17, 15) is 0 Å². The van der Waals surface area contributed by atoms with Crippen molar-refractivity contribution in [3.05, 3.63) is 24.2 Å². The van der Waals surface area contributed by atoms with E-state index in [0.717, 1.165) is 43.2 Å². The van der Waals surface area contributed by atoms with Crippen LogP contribution < -0.4 is 5.32 Å². The summed E-state index contributed by atoms with van der Waals surface area (Å²) in [5, 5.41) is 3.36. The number of aromatic nitrogens is 3. The summed E-state index contributed by atoms with van der Waals surface area (Å²) >= 11 is 0. The smallest absolute Gasteiger partial charge is 0.177 e. The van der Waals surface area contributed by atoms with Gasteiger partial charge in [0.2, 0.25) is 0 Å². The molecule has 3 rings (SSSR count). The number of H-pyrrole nitrogens is 1. The van der Waals surface area contributed by atoms with Crippen molar-refractivity contribution < 1.29 is 0 Å². The summed E-state index contributed by atoms with van der Waals surface area (Å²) in [6, 6.07) is 4.27. The summed E-state index contributed by atoms with van der Waals surface area (Å²) in [5.41, 5.74) is 1.83. The highest BCUT2D eigenvalue weighted by atomic mass is 15.2. The van der Waals surface area contributed by atoms with Crippen molar-refractivity contribution in [2.45, 2.75) is 13.0 Å². The lowest BCUT2D eigenvalue weighted by molar-refractivity contribution is 0.180. The quantitative estimate of drug-likeness (QED) is 0.807. The Labute approximate surface area is 100 Å². The Balaban J connectivity index is 1.86. The second-order valence-corrected chi connectivity index (χ2v) is 4.46. The largest absolute Gasteiger partial charge is 0.339 e. The van der Waals surface area contributed by atoms with Gasteiger partial charge in [-0.15, -0.1) is 0 Å². The normalized spacial score (nSPS) is 19.6. The van der Waals surface area contributed by atoms with E-state index in [1.807, 2.05) is 12.1 Å². The van der Waals surface area contributed by atoms with E-state index in [2.05, 4.69) is 32.1 Å². The third-order valence-electron chi connectivity index (χ3n) is 3.37. The molecule has 0 amide bonds. The molecule has 1 atom stereocenters. The summed E-state index contributed by atoms with van der Waals surface area (Å²) in [4.78, 5) is 14.6.